The van der Waals surface area contributed by atoms with Gasteiger partial charge in [0.15, 0.2) is 0 Å². The molecule has 2 unspecified atom stereocenters. The van der Waals surface area contributed by atoms with Crippen molar-refractivity contribution in [2.75, 3.05) is 31.1 Å². The Balaban J connectivity index is 1.81. The molecular formula is C15H26N2S. The van der Waals surface area contributed by atoms with Crippen molar-refractivity contribution in [3.8, 4) is 12.3 Å². The van der Waals surface area contributed by atoms with E-state index in [1.807, 2.05) is 11.8 Å². The molecule has 0 radical (unpaired) electrons. The molecule has 2 atom stereocenters. The van der Waals surface area contributed by atoms with Gasteiger partial charge in [-0.3, -0.25) is 4.90 Å². The molecule has 3 heteroatoms. The van der Waals surface area contributed by atoms with Gasteiger partial charge in [0.2, 0.25) is 0 Å². The van der Waals surface area contributed by atoms with Gasteiger partial charge in [-0.15, -0.1) is 18.2 Å². The monoisotopic (exact) mass is 266 g/mol. The van der Waals surface area contributed by atoms with E-state index in [2.05, 4.69) is 30.0 Å². The van der Waals surface area contributed by atoms with Crippen molar-refractivity contribution in [1.29, 1.82) is 0 Å². The van der Waals surface area contributed by atoms with Crippen molar-refractivity contribution in [1.82, 2.24) is 10.2 Å². The van der Waals surface area contributed by atoms with E-state index in [1.165, 1.54) is 38.2 Å². The van der Waals surface area contributed by atoms with Crippen LogP contribution in [0.1, 0.15) is 26.7 Å². The van der Waals surface area contributed by atoms with Crippen molar-refractivity contribution in [3.63, 3.8) is 0 Å². The van der Waals surface area contributed by atoms with Crippen LogP contribution in [0.25, 0.3) is 0 Å². The fourth-order valence-corrected chi connectivity index (χ4v) is 3.52. The minimum atomic E-state index is 0.700. The second-order valence-corrected chi connectivity index (χ2v) is 7.02. The Kier molecular flexibility index (Phi) is 5.41. The van der Waals surface area contributed by atoms with E-state index in [1.54, 1.807) is 0 Å². The molecule has 2 fully saturated rings. The molecule has 0 aromatic carbocycles. The van der Waals surface area contributed by atoms with Crippen LogP contribution in [0.15, 0.2) is 0 Å². The lowest BCUT2D eigenvalue weighted by molar-refractivity contribution is 0.0993. The summed E-state index contributed by atoms with van der Waals surface area (Å²) in [6.07, 6.45) is 8.17. The molecule has 1 saturated carbocycles. The highest BCUT2D eigenvalue weighted by Gasteiger charge is 2.37. The van der Waals surface area contributed by atoms with Crippen molar-refractivity contribution in [2.24, 2.45) is 11.8 Å². The highest BCUT2D eigenvalue weighted by Crippen LogP contribution is 2.34. The number of hydrogen-bond donors (Lipinski definition) is 1. The number of nitrogens with zero attached hydrogens (tertiary/aromatic N) is 1. The zero-order valence-electron chi connectivity index (χ0n) is 11.7. The molecular weight excluding hydrogens is 240 g/mol. The van der Waals surface area contributed by atoms with E-state index in [-0.39, 0.29) is 0 Å². The highest BCUT2D eigenvalue weighted by atomic mass is 32.2. The first-order chi connectivity index (χ1) is 8.72. The maximum atomic E-state index is 5.30. The fourth-order valence-electron chi connectivity index (χ4n) is 2.90. The van der Waals surface area contributed by atoms with E-state index in [0.29, 0.717) is 6.04 Å². The van der Waals surface area contributed by atoms with E-state index in [9.17, 15) is 0 Å². The third-order valence-corrected chi connectivity index (χ3v) is 5.00. The minimum Gasteiger partial charge on any atom is -0.311 e. The molecule has 0 bridgehead atoms. The van der Waals surface area contributed by atoms with Gasteiger partial charge in [0.25, 0.3) is 0 Å². The largest absolute Gasteiger partial charge is 0.311 e. The van der Waals surface area contributed by atoms with Crippen LogP contribution in [0.3, 0.4) is 0 Å². The molecule has 2 rings (SSSR count). The van der Waals surface area contributed by atoms with Crippen LogP contribution < -0.4 is 5.32 Å². The summed E-state index contributed by atoms with van der Waals surface area (Å²) < 4.78 is 0. The fraction of sp³-hybridized carbons (Fsp3) is 0.867. The Labute approximate surface area is 116 Å². The van der Waals surface area contributed by atoms with Crippen molar-refractivity contribution in [2.45, 2.75) is 38.8 Å². The number of thioether (sulfide) groups is 1. The second-order valence-electron chi connectivity index (χ2n) is 5.92. The van der Waals surface area contributed by atoms with Gasteiger partial charge in [-0.2, -0.15) is 0 Å². The van der Waals surface area contributed by atoms with Gasteiger partial charge >= 0.3 is 0 Å². The normalized spacial score (nSPS) is 29.4. The van der Waals surface area contributed by atoms with E-state index < -0.39 is 0 Å². The number of hydrogen-bond acceptors (Lipinski definition) is 3. The number of piperazine rings is 1. The molecule has 1 N–H and O–H groups in total. The molecule has 2 nitrogen and oxygen atoms in total. The molecule has 0 aromatic heterocycles. The average Bonchev–Trinajstić information content (AvgIpc) is 3.18. The van der Waals surface area contributed by atoms with Gasteiger partial charge in [-0.1, -0.05) is 19.8 Å². The Hall–Kier alpha value is -0.170. The molecule has 0 spiro atoms. The molecule has 1 heterocycles. The van der Waals surface area contributed by atoms with E-state index in [4.69, 9.17) is 6.42 Å². The van der Waals surface area contributed by atoms with Crippen LogP contribution in [0.4, 0.5) is 0 Å². The van der Waals surface area contributed by atoms with Gasteiger partial charge < -0.3 is 5.32 Å². The summed E-state index contributed by atoms with van der Waals surface area (Å²) in [5.41, 5.74) is 0. The van der Waals surface area contributed by atoms with Gasteiger partial charge in [-0.25, -0.2) is 0 Å². The van der Waals surface area contributed by atoms with E-state index in [0.717, 1.165) is 23.6 Å². The molecule has 18 heavy (non-hydrogen) atoms. The molecule has 102 valence electrons. The van der Waals surface area contributed by atoms with Crippen LogP contribution in [-0.2, 0) is 0 Å². The maximum Gasteiger partial charge on any atom is 0.0545 e. The molecule has 1 saturated heterocycles. The summed E-state index contributed by atoms with van der Waals surface area (Å²) in [5, 5.41) is 3.76. The maximum absolute atomic E-state index is 5.30. The zero-order chi connectivity index (χ0) is 13.0. The van der Waals surface area contributed by atoms with E-state index >= 15 is 0 Å². The van der Waals surface area contributed by atoms with Crippen LogP contribution in [0.5, 0.6) is 0 Å². The van der Waals surface area contributed by atoms with Gasteiger partial charge in [0, 0.05) is 37.5 Å². The minimum absolute atomic E-state index is 0.700. The summed E-state index contributed by atoms with van der Waals surface area (Å²) >= 11 is 1.89. The van der Waals surface area contributed by atoms with Gasteiger partial charge in [0.05, 0.1) is 5.75 Å². The zero-order valence-corrected chi connectivity index (χ0v) is 12.5. The van der Waals surface area contributed by atoms with Crippen LogP contribution in [0, 0.1) is 24.2 Å². The van der Waals surface area contributed by atoms with Crippen LogP contribution >= 0.6 is 11.8 Å². The third kappa shape index (κ3) is 3.91. The SMILES string of the molecule is C#CCSCCN1CC(C2CC2)NCC1C(C)C. The Bertz CT molecular complexity index is 293. The molecule has 2 aliphatic rings. The second kappa shape index (κ2) is 6.84. The summed E-state index contributed by atoms with van der Waals surface area (Å²) in [6.45, 7) is 8.28. The lowest BCUT2D eigenvalue weighted by Gasteiger charge is -2.42. The predicted molar refractivity (Wildman–Crippen MR) is 80.9 cm³/mol. The van der Waals surface area contributed by atoms with Crippen molar-refractivity contribution in [3.05, 3.63) is 0 Å². The van der Waals surface area contributed by atoms with Crippen LogP contribution in [-0.4, -0.2) is 48.1 Å². The summed E-state index contributed by atoms with van der Waals surface area (Å²) in [6, 6.07) is 1.45. The quantitative estimate of drug-likeness (QED) is 0.585. The third-order valence-electron chi connectivity index (χ3n) is 4.16. The molecule has 0 amide bonds. The lowest BCUT2D eigenvalue weighted by atomic mass is 9.97. The molecule has 1 aliphatic carbocycles. The predicted octanol–water partition coefficient (Wildman–Crippen LogP) is 2.06. The molecule has 1 aliphatic heterocycles. The first-order valence-electron chi connectivity index (χ1n) is 7.21. The summed E-state index contributed by atoms with van der Waals surface area (Å²) in [4.78, 5) is 2.70. The molecule has 0 aromatic rings. The highest BCUT2D eigenvalue weighted by molar-refractivity contribution is 7.99. The number of nitrogens with one attached hydrogen (secondary N) is 1. The summed E-state index contributed by atoms with van der Waals surface area (Å²) in [7, 11) is 0. The smallest absolute Gasteiger partial charge is 0.0545 e. The Morgan fingerprint density at radius 2 is 2.22 bits per heavy atom. The Morgan fingerprint density at radius 3 is 2.83 bits per heavy atom. The van der Waals surface area contributed by atoms with Crippen molar-refractivity contribution < 1.29 is 0 Å². The standard InChI is InChI=1S/C15H26N2S/c1-4-8-18-9-7-17-11-14(13-5-6-13)16-10-15(17)12(2)3/h1,12-16H,5-11H2,2-3H3. The average molecular weight is 266 g/mol. The topological polar surface area (TPSA) is 15.3 Å². The number of terminal acetylenes is 1. The van der Waals surface area contributed by atoms with Crippen molar-refractivity contribution >= 4 is 11.8 Å². The first kappa shape index (κ1) is 14.2. The van der Waals surface area contributed by atoms with Gasteiger partial charge in [0.1, 0.15) is 0 Å². The van der Waals surface area contributed by atoms with Crippen LogP contribution in [0.2, 0.25) is 0 Å². The lowest BCUT2D eigenvalue weighted by Crippen LogP contribution is -2.59. The van der Waals surface area contributed by atoms with Gasteiger partial charge in [-0.05, 0) is 24.7 Å². The first-order valence-corrected chi connectivity index (χ1v) is 8.36. The summed E-state index contributed by atoms with van der Waals surface area (Å²) in [5.74, 6) is 6.42. The Morgan fingerprint density at radius 1 is 1.44 bits per heavy atom. The number of rotatable bonds is 6.